The SMILES string of the molecule is CCn1cnc2cc3c(=O)[nH]c(N)nc3cc21. The van der Waals surface area contributed by atoms with Crippen LogP contribution in [0.5, 0.6) is 0 Å². The van der Waals surface area contributed by atoms with Crippen LogP contribution in [0.1, 0.15) is 6.92 Å². The van der Waals surface area contributed by atoms with Gasteiger partial charge in [-0.1, -0.05) is 0 Å². The Morgan fingerprint density at radius 1 is 1.41 bits per heavy atom. The summed E-state index contributed by atoms with van der Waals surface area (Å²) in [4.78, 5) is 22.6. The predicted molar refractivity (Wildman–Crippen MR) is 65.7 cm³/mol. The minimum Gasteiger partial charge on any atom is -0.369 e. The van der Waals surface area contributed by atoms with E-state index in [0.29, 0.717) is 10.9 Å². The maximum Gasteiger partial charge on any atom is 0.260 e. The number of rotatable bonds is 1. The van der Waals surface area contributed by atoms with Crippen LogP contribution in [0.25, 0.3) is 21.9 Å². The Kier molecular flexibility index (Phi) is 1.91. The third kappa shape index (κ3) is 1.37. The minimum absolute atomic E-state index is 0.129. The summed E-state index contributed by atoms with van der Waals surface area (Å²) in [6.45, 7) is 2.85. The molecule has 3 N–H and O–H groups in total. The zero-order chi connectivity index (χ0) is 12.0. The first kappa shape index (κ1) is 9.83. The van der Waals surface area contributed by atoms with E-state index in [1.807, 2.05) is 17.6 Å². The normalized spacial score (nSPS) is 11.4. The van der Waals surface area contributed by atoms with Crippen molar-refractivity contribution in [3.05, 3.63) is 28.8 Å². The number of nitrogens with zero attached hydrogens (tertiary/aromatic N) is 3. The van der Waals surface area contributed by atoms with Gasteiger partial charge in [0.15, 0.2) is 0 Å². The monoisotopic (exact) mass is 229 g/mol. The Balaban J connectivity index is 2.50. The third-order valence-corrected chi connectivity index (χ3v) is 2.81. The number of H-pyrrole nitrogens is 1. The number of nitrogen functional groups attached to an aromatic ring is 1. The standard InChI is InChI=1S/C11H11N5O/c1-2-16-5-13-8-3-6-7(4-9(8)16)14-11(12)15-10(6)17/h3-5H,2H2,1H3,(H3,12,14,15,17). The number of anilines is 1. The number of imidazole rings is 1. The van der Waals surface area contributed by atoms with Crippen molar-refractivity contribution in [2.24, 2.45) is 0 Å². The van der Waals surface area contributed by atoms with E-state index in [1.165, 1.54) is 0 Å². The number of aryl methyl sites for hydroxylation is 1. The van der Waals surface area contributed by atoms with Crippen LogP contribution in [-0.4, -0.2) is 19.5 Å². The van der Waals surface area contributed by atoms with E-state index in [-0.39, 0.29) is 11.5 Å². The van der Waals surface area contributed by atoms with Crippen LogP contribution in [0.4, 0.5) is 5.95 Å². The molecule has 0 aliphatic heterocycles. The molecule has 3 rings (SSSR count). The van der Waals surface area contributed by atoms with Crippen molar-refractivity contribution in [2.45, 2.75) is 13.5 Å². The topological polar surface area (TPSA) is 89.6 Å². The first-order valence-corrected chi connectivity index (χ1v) is 5.33. The summed E-state index contributed by atoms with van der Waals surface area (Å²) in [5.74, 6) is 0.129. The number of fused-ring (bicyclic) bond motifs is 2. The summed E-state index contributed by atoms with van der Waals surface area (Å²) in [6, 6.07) is 3.58. The minimum atomic E-state index is -0.236. The molecule has 0 radical (unpaired) electrons. The van der Waals surface area contributed by atoms with Gasteiger partial charge in [0, 0.05) is 6.54 Å². The summed E-state index contributed by atoms with van der Waals surface area (Å²) in [5.41, 5.74) is 7.63. The first-order chi connectivity index (χ1) is 8.19. The molecule has 0 spiro atoms. The highest BCUT2D eigenvalue weighted by molar-refractivity contribution is 5.93. The second kappa shape index (κ2) is 3.31. The van der Waals surface area contributed by atoms with Crippen molar-refractivity contribution in [3.63, 3.8) is 0 Å². The van der Waals surface area contributed by atoms with Crippen molar-refractivity contribution in [1.82, 2.24) is 19.5 Å². The molecule has 0 fully saturated rings. The number of hydrogen-bond acceptors (Lipinski definition) is 4. The Hall–Kier alpha value is -2.37. The molecular weight excluding hydrogens is 218 g/mol. The van der Waals surface area contributed by atoms with Gasteiger partial charge >= 0.3 is 0 Å². The van der Waals surface area contributed by atoms with Gasteiger partial charge in [-0.2, -0.15) is 0 Å². The lowest BCUT2D eigenvalue weighted by Crippen LogP contribution is -2.11. The average Bonchev–Trinajstić information content (AvgIpc) is 2.68. The van der Waals surface area contributed by atoms with Gasteiger partial charge in [-0.25, -0.2) is 9.97 Å². The average molecular weight is 229 g/mol. The van der Waals surface area contributed by atoms with Gasteiger partial charge in [0.25, 0.3) is 5.56 Å². The van der Waals surface area contributed by atoms with E-state index in [0.717, 1.165) is 17.6 Å². The fraction of sp³-hybridized carbons (Fsp3) is 0.182. The van der Waals surface area contributed by atoms with Crippen LogP contribution in [0.2, 0.25) is 0 Å². The zero-order valence-corrected chi connectivity index (χ0v) is 9.27. The molecule has 6 heteroatoms. The number of aromatic amines is 1. The Bertz CT molecular complexity index is 770. The summed E-state index contributed by atoms with van der Waals surface area (Å²) in [7, 11) is 0. The first-order valence-electron chi connectivity index (χ1n) is 5.33. The molecule has 0 aliphatic rings. The van der Waals surface area contributed by atoms with Crippen LogP contribution >= 0.6 is 0 Å². The van der Waals surface area contributed by atoms with E-state index >= 15 is 0 Å². The second-order valence-electron chi connectivity index (χ2n) is 3.84. The quantitative estimate of drug-likeness (QED) is 0.648. The Morgan fingerprint density at radius 3 is 3.00 bits per heavy atom. The lowest BCUT2D eigenvalue weighted by molar-refractivity contribution is 0.787. The lowest BCUT2D eigenvalue weighted by Gasteiger charge is -2.01. The van der Waals surface area contributed by atoms with E-state index in [4.69, 9.17) is 5.73 Å². The fourth-order valence-electron chi connectivity index (χ4n) is 1.96. The molecular formula is C11H11N5O. The van der Waals surface area contributed by atoms with Gasteiger partial charge in [0.1, 0.15) is 0 Å². The molecule has 6 nitrogen and oxygen atoms in total. The molecule has 0 saturated heterocycles. The molecule has 0 saturated carbocycles. The van der Waals surface area contributed by atoms with Gasteiger partial charge in [0.05, 0.1) is 28.3 Å². The largest absolute Gasteiger partial charge is 0.369 e. The predicted octanol–water partition coefficient (Wildman–Crippen LogP) is 0.875. The number of benzene rings is 1. The smallest absolute Gasteiger partial charge is 0.260 e. The molecule has 3 aromatic rings. The van der Waals surface area contributed by atoms with E-state index in [9.17, 15) is 4.79 Å². The van der Waals surface area contributed by atoms with Gasteiger partial charge in [-0.3, -0.25) is 9.78 Å². The maximum absolute atomic E-state index is 11.7. The molecule has 2 aromatic heterocycles. The Labute approximate surface area is 96.1 Å². The third-order valence-electron chi connectivity index (χ3n) is 2.81. The molecule has 2 heterocycles. The Morgan fingerprint density at radius 2 is 2.24 bits per heavy atom. The second-order valence-corrected chi connectivity index (χ2v) is 3.84. The van der Waals surface area contributed by atoms with Crippen molar-refractivity contribution in [2.75, 3.05) is 5.73 Å². The van der Waals surface area contributed by atoms with Crippen LogP contribution in [0.3, 0.4) is 0 Å². The highest BCUT2D eigenvalue weighted by atomic mass is 16.1. The number of hydrogen-bond donors (Lipinski definition) is 2. The summed E-state index contributed by atoms with van der Waals surface area (Å²) in [5, 5.41) is 0.507. The van der Waals surface area contributed by atoms with E-state index in [1.54, 1.807) is 12.4 Å². The highest BCUT2D eigenvalue weighted by Gasteiger charge is 2.07. The van der Waals surface area contributed by atoms with E-state index in [2.05, 4.69) is 15.0 Å². The van der Waals surface area contributed by atoms with Crippen molar-refractivity contribution < 1.29 is 0 Å². The van der Waals surface area contributed by atoms with Crippen molar-refractivity contribution in [3.8, 4) is 0 Å². The van der Waals surface area contributed by atoms with Crippen LogP contribution in [0.15, 0.2) is 23.3 Å². The number of nitrogens with one attached hydrogen (secondary N) is 1. The van der Waals surface area contributed by atoms with Crippen LogP contribution in [0, 0.1) is 0 Å². The molecule has 86 valence electrons. The molecule has 0 bridgehead atoms. The number of nitrogens with two attached hydrogens (primary N) is 1. The van der Waals surface area contributed by atoms with Gasteiger partial charge in [-0.15, -0.1) is 0 Å². The molecule has 0 unspecified atom stereocenters. The summed E-state index contributed by atoms with van der Waals surface area (Å²) < 4.78 is 1.99. The van der Waals surface area contributed by atoms with Crippen LogP contribution in [-0.2, 0) is 6.54 Å². The van der Waals surface area contributed by atoms with Crippen LogP contribution < -0.4 is 11.3 Å². The van der Waals surface area contributed by atoms with E-state index < -0.39 is 0 Å². The maximum atomic E-state index is 11.7. The van der Waals surface area contributed by atoms with Crippen molar-refractivity contribution in [1.29, 1.82) is 0 Å². The zero-order valence-electron chi connectivity index (χ0n) is 9.27. The number of aromatic nitrogens is 4. The summed E-state index contributed by atoms with van der Waals surface area (Å²) >= 11 is 0. The lowest BCUT2D eigenvalue weighted by atomic mass is 10.2. The van der Waals surface area contributed by atoms with Gasteiger partial charge < -0.3 is 10.3 Å². The molecule has 17 heavy (non-hydrogen) atoms. The molecule has 1 aromatic carbocycles. The summed E-state index contributed by atoms with van der Waals surface area (Å²) in [6.07, 6.45) is 1.75. The highest BCUT2D eigenvalue weighted by Crippen LogP contribution is 2.18. The molecule has 0 atom stereocenters. The molecule has 0 amide bonds. The molecule has 0 aliphatic carbocycles. The fourth-order valence-corrected chi connectivity index (χ4v) is 1.96. The van der Waals surface area contributed by atoms with Crippen molar-refractivity contribution >= 4 is 27.9 Å². The van der Waals surface area contributed by atoms with Gasteiger partial charge in [-0.05, 0) is 19.1 Å². The van der Waals surface area contributed by atoms with Gasteiger partial charge in [0.2, 0.25) is 5.95 Å².